The summed E-state index contributed by atoms with van der Waals surface area (Å²) in [5.74, 6) is 1.03. The fourth-order valence-corrected chi connectivity index (χ4v) is 2.80. The lowest BCUT2D eigenvalue weighted by Gasteiger charge is -2.32. The van der Waals surface area contributed by atoms with E-state index >= 15 is 0 Å². The number of nitrogens with one attached hydrogen (secondary N) is 1. The molecule has 1 aromatic carbocycles. The maximum absolute atomic E-state index is 5.40. The Morgan fingerprint density at radius 3 is 2.74 bits per heavy atom. The molecule has 0 bridgehead atoms. The zero-order valence-electron chi connectivity index (χ0n) is 12.2. The Morgan fingerprint density at radius 1 is 1.26 bits per heavy atom. The van der Waals surface area contributed by atoms with E-state index in [1.54, 1.807) is 7.11 Å². The Labute approximate surface area is 116 Å². The Kier molecular flexibility index (Phi) is 5.67. The van der Waals surface area contributed by atoms with Crippen LogP contribution in [0, 0.1) is 0 Å². The number of ether oxygens (including phenoxy) is 1. The van der Waals surface area contributed by atoms with Gasteiger partial charge in [-0.25, -0.2) is 0 Å². The minimum absolute atomic E-state index is 0.691. The largest absolute Gasteiger partial charge is 0.496 e. The van der Waals surface area contributed by atoms with Gasteiger partial charge in [0.1, 0.15) is 5.75 Å². The highest BCUT2D eigenvalue weighted by atomic mass is 16.5. The molecule has 0 aromatic heterocycles. The number of hydrogen-bond donors (Lipinski definition) is 1. The van der Waals surface area contributed by atoms with Gasteiger partial charge in [0.2, 0.25) is 0 Å². The molecule has 1 atom stereocenters. The summed E-state index contributed by atoms with van der Waals surface area (Å²) in [4.78, 5) is 2.60. The predicted octanol–water partition coefficient (Wildman–Crippen LogP) is 2.31. The lowest BCUT2D eigenvalue weighted by atomic mass is 10.0. The molecule has 106 valence electrons. The molecular formula is C16H26N2O. The predicted molar refractivity (Wildman–Crippen MR) is 79.8 cm³/mol. The zero-order chi connectivity index (χ0) is 13.5. The summed E-state index contributed by atoms with van der Waals surface area (Å²) >= 11 is 0. The normalized spacial score (nSPS) is 18.2. The van der Waals surface area contributed by atoms with Crippen molar-refractivity contribution in [1.29, 1.82) is 0 Å². The van der Waals surface area contributed by atoms with Gasteiger partial charge in [-0.3, -0.25) is 4.90 Å². The first-order valence-corrected chi connectivity index (χ1v) is 7.38. The first-order valence-electron chi connectivity index (χ1n) is 7.38. The first kappa shape index (κ1) is 14.4. The molecule has 0 saturated carbocycles. The van der Waals surface area contributed by atoms with Crippen molar-refractivity contribution in [3.05, 3.63) is 29.8 Å². The number of aryl methyl sites for hydroxylation is 1. The second kappa shape index (κ2) is 7.51. The number of hydrogen-bond acceptors (Lipinski definition) is 3. The van der Waals surface area contributed by atoms with Crippen molar-refractivity contribution >= 4 is 0 Å². The summed E-state index contributed by atoms with van der Waals surface area (Å²) in [5.41, 5.74) is 1.33. The molecule has 2 rings (SSSR count). The summed E-state index contributed by atoms with van der Waals surface area (Å²) < 4.78 is 5.40. The van der Waals surface area contributed by atoms with Crippen molar-refractivity contribution in [3.8, 4) is 5.75 Å². The van der Waals surface area contributed by atoms with Crippen LogP contribution in [0.2, 0.25) is 0 Å². The van der Waals surface area contributed by atoms with E-state index in [1.807, 2.05) is 6.07 Å². The zero-order valence-corrected chi connectivity index (χ0v) is 12.2. The Bertz CT molecular complexity index is 375. The van der Waals surface area contributed by atoms with E-state index in [0.717, 1.165) is 25.3 Å². The molecule has 0 aliphatic carbocycles. The fourth-order valence-electron chi connectivity index (χ4n) is 2.80. The summed E-state index contributed by atoms with van der Waals surface area (Å²) in [6.45, 7) is 7.01. The van der Waals surface area contributed by atoms with E-state index < -0.39 is 0 Å². The lowest BCUT2D eigenvalue weighted by Crippen LogP contribution is -2.47. The molecule has 3 nitrogen and oxygen atoms in total. The minimum atomic E-state index is 0.691. The topological polar surface area (TPSA) is 24.5 Å². The van der Waals surface area contributed by atoms with Crippen molar-refractivity contribution in [1.82, 2.24) is 10.2 Å². The fraction of sp³-hybridized carbons (Fsp3) is 0.625. The smallest absolute Gasteiger partial charge is 0.122 e. The van der Waals surface area contributed by atoms with Gasteiger partial charge >= 0.3 is 0 Å². The molecule has 0 amide bonds. The summed E-state index contributed by atoms with van der Waals surface area (Å²) in [6, 6.07) is 9.05. The molecule has 19 heavy (non-hydrogen) atoms. The molecule has 0 radical (unpaired) electrons. The third kappa shape index (κ3) is 4.22. The molecule has 3 heteroatoms. The van der Waals surface area contributed by atoms with Gasteiger partial charge in [0.05, 0.1) is 7.11 Å². The number of methoxy groups -OCH3 is 1. The molecule has 1 saturated heterocycles. The highest BCUT2D eigenvalue weighted by Crippen LogP contribution is 2.20. The van der Waals surface area contributed by atoms with Crippen LogP contribution in [-0.2, 0) is 6.42 Å². The second-order valence-electron chi connectivity index (χ2n) is 5.34. The van der Waals surface area contributed by atoms with Crippen molar-refractivity contribution in [2.24, 2.45) is 0 Å². The van der Waals surface area contributed by atoms with E-state index in [4.69, 9.17) is 4.74 Å². The van der Waals surface area contributed by atoms with Gasteiger partial charge in [0.25, 0.3) is 0 Å². The van der Waals surface area contributed by atoms with Gasteiger partial charge in [-0.05, 0) is 37.8 Å². The maximum atomic E-state index is 5.40. The van der Waals surface area contributed by atoms with Gasteiger partial charge in [0.15, 0.2) is 0 Å². The van der Waals surface area contributed by atoms with Crippen LogP contribution in [0.4, 0.5) is 0 Å². The van der Waals surface area contributed by atoms with Crippen molar-refractivity contribution < 1.29 is 4.74 Å². The maximum Gasteiger partial charge on any atom is 0.122 e. The van der Waals surface area contributed by atoms with Crippen LogP contribution in [0.5, 0.6) is 5.75 Å². The number of rotatable bonds is 6. The highest BCUT2D eigenvalue weighted by Gasteiger charge is 2.15. The number of piperazine rings is 1. The molecule has 1 unspecified atom stereocenters. The molecule has 1 heterocycles. The highest BCUT2D eigenvalue weighted by molar-refractivity contribution is 5.33. The standard InChI is InChI=1S/C16H26N2O/c1-14(18-12-10-17-11-13-18)6-5-8-15-7-3-4-9-16(15)19-2/h3-4,7,9,14,17H,5-6,8,10-13H2,1-2H3. The van der Waals surface area contributed by atoms with Crippen LogP contribution >= 0.6 is 0 Å². The first-order chi connectivity index (χ1) is 9.31. The average molecular weight is 262 g/mol. The van der Waals surface area contributed by atoms with Gasteiger partial charge < -0.3 is 10.1 Å². The van der Waals surface area contributed by atoms with E-state index in [0.29, 0.717) is 6.04 Å². The van der Waals surface area contributed by atoms with Crippen molar-refractivity contribution in [3.63, 3.8) is 0 Å². The minimum Gasteiger partial charge on any atom is -0.496 e. The monoisotopic (exact) mass is 262 g/mol. The summed E-state index contributed by atoms with van der Waals surface area (Å²) in [5, 5.41) is 3.41. The van der Waals surface area contributed by atoms with E-state index in [1.165, 1.54) is 31.5 Å². The van der Waals surface area contributed by atoms with Crippen LogP contribution in [0.25, 0.3) is 0 Å². The molecule has 1 aromatic rings. The van der Waals surface area contributed by atoms with Gasteiger partial charge in [-0.15, -0.1) is 0 Å². The SMILES string of the molecule is COc1ccccc1CCCC(C)N1CCNCC1. The quantitative estimate of drug-likeness (QED) is 0.851. The Balaban J connectivity index is 1.76. The lowest BCUT2D eigenvalue weighted by molar-refractivity contribution is 0.174. The molecule has 1 N–H and O–H groups in total. The average Bonchev–Trinajstić information content (AvgIpc) is 2.48. The second-order valence-corrected chi connectivity index (χ2v) is 5.34. The van der Waals surface area contributed by atoms with Gasteiger partial charge in [0, 0.05) is 32.2 Å². The number of para-hydroxylation sites is 1. The Hall–Kier alpha value is -1.06. The number of benzene rings is 1. The van der Waals surface area contributed by atoms with Gasteiger partial charge in [-0.2, -0.15) is 0 Å². The van der Waals surface area contributed by atoms with Crippen molar-refractivity contribution in [2.75, 3.05) is 33.3 Å². The van der Waals surface area contributed by atoms with Crippen molar-refractivity contribution in [2.45, 2.75) is 32.2 Å². The molecule has 1 aliphatic heterocycles. The van der Waals surface area contributed by atoms with E-state index in [2.05, 4.69) is 35.3 Å². The molecule has 0 spiro atoms. The third-order valence-corrected chi connectivity index (χ3v) is 4.04. The molecule has 1 fully saturated rings. The number of nitrogens with zero attached hydrogens (tertiary/aromatic N) is 1. The summed E-state index contributed by atoms with van der Waals surface area (Å²) in [6.07, 6.45) is 3.60. The van der Waals surface area contributed by atoms with Crippen LogP contribution in [-0.4, -0.2) is 44.2 Å². The summed E-state index contributed by atoms with van der Waals surface area (Å²) in [7, 11) is 1.75. The van der Waals surface area contributed by atoms with Gasteiger partial charge in [-0.1, -0.05) is 18.2 Å². The van der Waals surface area contributed by atoms with E-state index in [9.17, 15) is 0 Å². The van der Waals surface area contributed by atoms with Crippen LogP contribution < -0.4 is 10.1 Å². The van der Waals surface area contributed by atoms with Crippen LogP contribution in [0.1, 0.15) is 25.3 Å². The van der Waals surface area contributed by atoms with Crippen LogP contribution in [0.15, 0.2) is 24.3 Å². The van der Waals surface area contributed by atoms with E-state index in [-0.39, 0.29) is 0 Å². The van der Waals surface area contributed by atoms with Crippen LogP contribution in [0.3, 0.4) is 0 Å². The third-order valence-electron chi connectivity index (χ3n) is 4.04. The molecular weight excluding hydrogens is 236 g/mol. The molecule has 1 aliphatic rings. The Morgan fingerprint density at radius 2 is 2.00 bits per heavy atom.